The third-order valence-electron chi connectivity index (χ3n) is 3.30. The lowest BCUT2D eigenvalue weighted by Crippen LogP contribution is -2.10. The fourth-order valence-electron chi connectivity index (χ4n) is 2.44. The third-order valence-corrected chi connectivity index (χ3v) is 3.93. The zero-order valence-corrected chi connectivity index (χ0v) is 13.3. The minimum absolute atomic E-state index is 0.195. The molecule has 0 radical (unpaired) electrons. The molecule has 2 aromatic rings. The Morgan fingerprint density at radius 3 is 2.74 bits per heavy atom. The van der Waals surface area contributed by atoms with E-state index in [1.54, 1.807) is 6.20 Å². The largest absolute Gasteiger partial charge is 0.376 e. The van der Waals surface area contributed by atoms with Crippen LogP contribution in [0.3, 0.4) is 0 Å². The van der Waals surface area contributed by atoms with Gasteiger partial charge in [0.1, 0.15) is 4.60 Å². The summed E-state index contributed by atoms with van der Waals surface area (Å²) in [6.45, 7) is 9.34. The van der Waals surface area contributed by atoms with Crippen molar-refractivity contribution in [3.05, 3.63) is 39.9 Å². The summed E-state index contributed by atoms with van der Waals surface area (Å²) in [6.07, 6.45) is 1.77. The highest BCUT2D eigenvalue weighted by molar-refractivity contribution is 9.10. The first-order valence-corrected chi connectivity index (χ1v) is 7.24. The number of pyridine rings is 1. The van der Waals surface area contributed by atoms with Gasteiger partial charge in [0.15, 0.2) is 0 Å². The summed E-state index contributed by atoms with van der Waals surface area (Å²) in [5.41, 5.74) is 4.56. The van der Waals surface area contributed by atoms with E-state index >= 15 is 0 Å². The van der Waals surface area contributed by atoms with Crippen LogP contribution in [0.15, 0.2) is 22.9 Å². The Bertz CT molecular complexity index is 577. The summed E-state index contributed by atoms with van der Waals surface area (Å²) in [4.78, 5) is 4.23. The normalized spacial score (nSPS) is 12.5. The number of aryl methyl sites for hydroxylation is 2. The van der Waals surface area contributed by atoms with Crippen molar-refractivity contribution in [1.29, 1.82) is 0 Å². The molecule has 0 aliphatic rings. The van der Waals surface area contributed by atoms with Gasteiger partial charge in [0.2, 0.25) is 0 Å². The highest BCUT2D eigenvalue weighted by atomic mass is 79.9. The molecule has 0 aliphatic heterocycles. The summed E-state index contributed by atoms with van der Waals surface area (Å²) in [7, 11) is 0. The van der Waals surface area contributed by atoms with Gasteiger partial charge in [-0.05, 0) is 55.8 Å². The van der Waals surface area contributed by atoms with Crippen molar-refractivity contribution in [1.82, 2.24) is 14.8 Å². The molecule has 0 aliphatic carbocycles. The van der Waals surface area contributed by atoms with Crippen molar-refractivity contribution in [2.75, 3.05) is 5.32 Å². The van der Waals surface area contributed by atoms with Gasteiger partial charge in [-0.2, -0.15) is 5.10 Å². The average molecular weight is 323 g/mol. The zero-order valence-electron chi connectivity index (χ0n) is 11.7. The van der Waals surface area contributed by atoms with Gasteiger partial charge in [-0.3, -0.25) is 4.68 Å². The highest BCUT2D eigenvalue weighted by Gasteiger charge is 2.17. The SMILES string of the molecule is CCn1nc(C)c(C(C)Nc2cccnc2Br)c1C. The maximum Gasteiger partial charge on any atom is 0.129 e. The van der Waals surface area contributed by atoms with Crippen LogP contribution in [0.4, 0.5) is 5.69 Å². The average Bonchev–Trinajstić information content (AvgIpc) is 2.67. The molecule has 1 unspecified atom stereocenters. The van der Waals surface area contributed by atoms with Crippen LogP contribution in [0.25, 0.3) is 0 Å². The minimum atomic E-state index is 0.195. The summed E-state index contributed by atoms with van der Waals surface area (Å²) < 4.78 is 2.88. The molecule has 4 nitrogen and oxygen atoms in total. The molecule has 19 heavy (non-hydrogen) atoms. The second-order valence-corrected chi connectivity index (χ2v) is 5.36. The van der Waals surface area contributed by atoms with Crippen molar-refractivity contribution in [2.45, 2.75) is 40.3 Å². The molecule has 2 aromatic heterocycles. The maximum absolute atomic E-state index is 4.56. The second-order valence-electron chi connectivity index (χ2n) is 4.61. The van der Waals surface area contributed by atoms with Gasteiger partial charge in [0.25, 0.3) is 0 Å². The third kappa shape index (κ3) is 2.81. The standard InChI is InChI=1S/C14H19BrN4/c1-5-19-11(4)13(10(3)18-19)9(2)17-12-7-6-8-16-14(12)15/h6-9,17H,5H2,1-4H3. The fourth-order valence-corrected chi connectivity index (χ4v) is 2.81. The molecule has 0 fully saturated rings. The van der Waals surface area contributed by atoms with E-state index in [0.717, 1.165) is 22.5 Å². The first kappa shape index (κ1) is 14.1. The number of nitrogens with zero attached hydrogens (tertiary/aromatic N) is 3. The van der Waals surface area contributed by atoms with Crippen LogP contribution in [0, 0.1) is 13.8 Å². The Hall–Kier alpha value is -1.36. The predicted octanol–water partition coefficient (Wildman–Crippen LogP) is 3.85. The summed E-state index contributed by atoms with van der Waals surface area (Å²) in [6, 6.07) is 4.14. The number of anilines is 1. The van der Waals surface area contributed by atoms with Crippen molar-refractivity contribution in [3.8, 4) is 0 Å². The number of hydrogen-bond donors (Lipinski definition) is 1. The second kappa shape index (κ2) is 5.74. The van der Waals surface area contributed by atoms with E-state index in [1.165, 1.54) is 11.3 Å². The Kier molecular flexibility index (Phi) is 4.24. The molecule has 0 saturated carbocycles. The van der Waals surface area contributed by atoms with Crippen molar-refractivity contribution in [2.24, 2.45) is 0 Å². The van der Waals surface area contributed by atoms with E-state index in [9.17, 15) is 0 Å². The Balaban J connectivity index is 2.28. The van der Waals surface area contributed by atoms with Crippen LogP contribution in [-0.2, 0) is 6.54 Å². The topological polar surface area (TPSA) is 42.7 Å². The maximum atomic E-state index is 4.56. The van der Waals surface area contributed by atoms with Crippen LogP contribution < -0.4 is 5.32 Å². The summed E-state index contributed by atoms with van der Waals surface area (Å²) >= 11 is 3.46. The smallest absolute Gasteiger partial charge is 0.129 e. The molecule has 1 atom stereocenters. The van der Waals surface area contributed by atoms with Crippen LogP contribution in [0.2, 0.25) is 0 Å². The van der Waals surface area contributed by atoms with Crippen LogP contribution in [0.1, 0.15) is 36.8 Å². The fraction of sp³-hybridized carbons (Fsp3) is 0.429. The van der Waals surface area contributed by atoms with Gasteiger partial charge in [-0.1, -0.05) is 0 Å². The van der Waals surface area contributed by atoms with Gasteiger partial charge >= 0.3 is 0 Å². The molecular weight excluding hydrogens is 304 g/mol. The van der Waals surface area contributed by atoms with E-state index in [2.05, 4.69) is 59.0 Å². The van der Waals surface area contributed by atoms with Crippen LogP contribution in [0.5, 0.6) is 0 Å². The number of rotatable bonds is 4. The number of nitrogens with one attached hydrogen (secondary N) is 1. The predicted molar refractivity (Wildman–Crippen MR) is 81.3 cm³/mol. The molecular formula is C14H19BrN4. The van der Waals surface area contributed by atoms with Gasteiger partial charge in [-0.25, -0.2) is 4.98 Å². The van der Waals surface area contributed by atoms with E-state index in [1.807, 2.05) is 16.8 Å². The van der Waals surface area contributed by atoms with E-state index in [-0.39, 0.29) is 6.04 Å². The van der Waals surface area contributed by atoms with E-state index < -0.39 is 0 Å². The molecule has 2 rings (SSSR count). The zero-order chi connectivity index (χ0) is 14.0. The minimum Gasteiger partial charge on any atom is -0.376 e. The molecule has 0 spiro atoms. The molecule has 102 valence electrons. The Morgan fingerprint density at radius 1 is 1.42 bits per heavy atom. The Labute approximate surface area is 122 Å². The lowest BCUT2D eigenvalue weighted by molar-refractivity contribution is 0.632. The van der Waals surface area contributed by atoms with E-state index in [4.69, 9.17) is 0 Å². The monoisotopic (exact) mass is 322 g/mol. The van der Waals surface area contributed by atoms with E-state index in [0.29, 0.717) is 0 Å². The van der Waals surface area contributed by atoms with Gasteiger partial charge in [0.05, 0.1) is 17.4 Å². The van der Waals surface area contributed by atoms with Gasteiger partial charge in [0, 0.05) is 24.0 Å². The van der Waals surface area contributed by atoms with Gasteiger partial charge in [-0.15, -0.1) is 0 Å². The first-order valence-electron chi connectivity index (χ1n) is 6.45. The lowest BCUT2D eigenvalue weighted by atomic mass is 10.1. The Morgan fingerprint density at radius 2 is 2.16 bits per heavy atom. The van der Waals surface area contributed by atoms with Crippen molar-refractivity contribution in [3.63, 3.8) is 0 Å². The molecule has 0 bridgehead atoms. The van der Waals surface area contributed by atoms with Gasteiger partial charge < -0.3 is 5.32 Å². The number of hydrogen-bond acceptors (Lipinski definition) is 3. The molecule has 5 heteroatoms. The van der Waals surface area contributed by atoms with Crippen molar-refractivity contribution < 1.29 is 0 Å². The first-order chi connectivity index (χ1) is 9.04. The van der Waals surface area contributed by atoms with Crippen molar-refractivity contribution >= 4 is 21.6 Å². The lowest BCUT2D eigenvalue weighted by Gasteiger charge is -2.17. The number of aromatic nitrogens is 3. The van der Waals surface area contributed by atoms with Crippen LogP contribution >= 0.6 is 15.9 Å². The summed E-state index contributed by atoms with van der Waals surface area (Å²) in [5.74, 6) is 0. The highest BCUT2D eigenvalue weighted by Crippen LogP contribution is 2.27. The number of halogens is 1. The summed E-state index contributed by atoms with van der Waals surface area (Å²) in [5, 5.41) is 8.05. The molecule has 0 aromatic carbocycles. The quantitative estimate of drug-likeness (QED) is 0.869. The van der Waals surface area contributed by atoms with Crippen LogP contribution in [-0.4, -0.2) is 14.8 Å². The molecule has 0 amide bonds. The molecule has 1 N–H and O–H groups in total. The molecule has 0 saturated heterocycles. The molecule has 2 heterocycles.